The van der Waals surface area contributed by atoms with E-state index in [2.05, 4.69) is 36.4 Å². The normalized spacial score (nSPS) is 17.6. The van der Waals surface area contributed by atoms with Gasteiger partial charge in [0.15, 0.2) is 0 Å². The van der Waals surface area contributed by atoms with E-state index >= 15 is 0 Å². The van der Waals surface area contributed by atoms with E-state index in [4.69, 9.17) is 9.05 Å². The minimum absolute atomic E-state index is 0.0258. The van der Waals surface area contributed by atoms with Crippen molar-refractivity contribution in [3.63, 3.8) is 0 Å². The van der Waals surface area contributed by atoms with Crippen molar-refractivity contribution in [2.45, 2.75) is 0 Å². The van der Waals surface area contributed by atoms with Crippen molar-refractivity contribution in [2.75, 3.05) is 6.16 Å². The van der Waals surface area contributed by atoms with Crippen molar-refractivity contribution in [3.05, 3.63) is 109 Å². The summed E-state index contributed by atoms with van der Waals surface area (Å²) in [5.74, 6) is 1.61. The van der Waals surface area contributed by atoms with Crippen LogP contribution in [0.1, 0.15) is 10.4 Å². The van der Waals surface area contributed by atoms with Crippen molar-refractivity contribution in [2.24, 2.45) is 0 Å². The van der Waals surface area contributed by atoms with Gasteiger partial charge in [0.1, 0.15) is 0 Å². The van der Waals surface area contributed by atoms with Crippen LogP contribution in [-0.2, 0) is 0 Å². The molecule has 0 aromatic heterocycles. The average Bonchev–Trinajstić information content (AvgIpc) is 3.28. The molecule has 0 fully saturated rings. The summed E-state index contributed by atoms with van der Waals surface area (Å²) in [6, 6.07) is 34.1. The molecule has 2 aliphatic heterocycles. The van der Waals surface area contributed by atoms with Gasteiger partial charge in [-0.05, 0) is 0 Å². The van der Waals surface area contributed by atoms with E-state index in [9.17, 15) is 4.79 Å². The molecule has 154 valence electrons. The molecule has 0 unspecified atom stereocenters. The molecule has 0 atom stereocenters. The maximum absolute atomic E-state index is 13.8. The summed E-state index contributed by atoms with van der Waals surface area (Å²) in [4.78, 5) is 13.8. The van der Waals surface area contributed by atoms with E-state index in [1.54, 1.807) is 0 Å². The Hall–Kier alpha value is -3.68. The van der Waals surface area contributed by atoms with Crippen molar-refractivity contribution >= 4 is 45.0 Å². The Bertz CT molecular complexity index is 1490. The Morgan fingerprint density at radius 3 is 1.62 bits per heavy atom. The fourth-order valence-corrected chi connectivity index (χ4v) is 10.6. The summed E-state index contributed by atoms with van der Waals surface area (Å²) < 4.78 is 14.0. The number of rotatable bonds is 3. The van der Waals surface area contributed by atoms with E-state index in [-0.39, 0.29) is 11.9 Å². The third-order valence-corrected chi connectivity index (χ3v) is 11.5. The quantitative estimate of drug-likeness (QED) is 0.258. The van der Waals surface area contributed by atoms with Crippen LogP contribution in [-0.4, -0.2) is 11.9 Å². The van der Waals surface area contributed by atoms with Crippen molar-refractivity contribution in [1.82, 2.24) is 0 Å². The number of carbonyl (C=O) groups is 1. The maximum atomic E-state index is 13.8. The van der Waals surface area contributed by atoms with Crippen LogP contribution in [0.25, 0.3) is 21.5 Å². The number of hydrogen-bond donors (Lipinski definition) is 0. The molecule has 0 aliphatic carbocycles. The third kappa shape index (κ3) is 2.07. The third-order valence-electron chi connectivity index (χ3n) is 6.77. The van der Waals surface area contributed by atoms with Gasteiger partial charge in [-0.3, -0.25) is 0 Å². The van der Waals surface area contributed by atoms with Crippen LogP contribution in [0.2, 0.25) is 0 Å². The van der Waals surface area contributed by atoms with Gasteiger partial charge in [0, 0.05) is 0 Å². The van der Waals surface area contributed by atoms with E-state index in [1.807, 2.05) is 66.7 Å². The Morgan fingerprint density at radius 1 is 0.594 bits per heavy atom. The van der Waals surface area contributed by atoms with Gasteiger partial charge >= 0.3 is 185 Å². The van der Waals surface area contributed by atoms with Crippen molar-refractivity contribution in [1.29, 1.82) is 0 Å². The van der Waals surface area contributed by atoms with E-state index in [1.165, 1.54) is 0 Å². The molecule has 1 spiro atoms. The van der Waals surface area contributed by atoms with E-state index in [0.717, 1.165) is 43.7 Å². The molecule has 0 N–H and O–H groups in total. The first-order valence-corrected chi connectivity index (χ1v) is 13.0. The molecule has 4 heteroatoms. The molecule has 2 aliphatic rings. The number of fused-ring (bicyclic) bond motifs is 2. The van der Waals surface area contributed by atoms with Crippen molar-refractivity contribution in [3.8, 4) is 11.5 Å². The fourth-order valence-electron chi connectivity index (χ4n) is 5.45. The minimum atomic E-state index is -3.84. The van der Waals surface area contributed by atoms with Crippen molar-refractivity contribution < 1.29 is 13.8 Å². The molecule has 32 heavy (non-hydrogen) atoms. The Balaban J connectivity index is 1.59. The Labute approximate surface area is 185 Å². The zero-order valence-electron chi connectivity index (χ0n) is 17.2. The number of hydrogen-bond acceptors (Lipinski definition) is 3. The van der Waals surface area contributed by atoms with Gasteiger partial charge in [-0.15, -0.1) is 0 Å². The predicted octanol–water partition coefficient (Wildman–Crippen LogP) is 5.99. The summed E-state index contributed by atoms with van der Waals surface area (Å²) in [5, 5.41) is 6.33. The molecule has 0 saturated carbocycles. The molecule has 7 rings (SSSR count). The zero-order valence-corrected chi connectivity index (χ0v) is 18.1. The molecule has 0 radical (unpaired) electrons. The Morgan fingerprint density at radius 2 is 1.09 bits per heavy atom. The second-order valence-electron chi connectivity index (χ2n) is 8.52. The van der Waals surface area contributed by atoms with Crippen LogP contribution in [0, 0.1) is 0 Å². The van der Waals surface area contributed by atoms with Gasteiger partial charge in [0.2, 0.25) is 0 Å². The molecule has 0 bridgehead atoms. The van der Waals surface area contributed by atoms with E-state index in [0.29, 0.717) is 5.56 Å². The molecule has 0 amide bonds. The van der Waals surface area contributed by atoms with Crippen LogP contribution < -0.4 is 19.7 Å². The number of benzene rings is 5. The first-order chi connectivity index (χ1) is 15.7. The topological polar surface area (TPSA) is 35.5 Å². The van der Waals surface area contributed by atoms with E-state index < -0.39 is 7.06 Å². The van der Waals surface area contributed by atoms with Crippen LogP contribution in [0.15, 0.2) is 103 Å². The van der Waals surface area contributed by atoms with Crippen LogP contribution >= 0.6 is 7.06 Å². The Kier molecular flexibility index (Phi) is 3.35. The summed E-state index contributed by atoms with van der Waals surface area (Å²) in [6.45, 7) is 0. The summed E-state index contributed by atoms with van der Waals surface area (Å²) in [5.41, 5.74) is 0.671. The molecule has 0 saturated heterocycles. The second kappa shape index (κ2) is 5.97. The summed E-state index contributed by atoms with van der Waals surface area (Å²) in [6.07, 6.45) is 0.164. The fraction of sp³-hybridized carbons (Fsp3) is 0.0357. The van der Waals surface area contributed by atoms with Crippen LogP contribution in [0.3, 0.4) is 0 Å². The monoisotopic (exact) mass is 434 g/mol. The SMILES string of the molecule is O=C(CP12(Oc3cccc4cccc1c34)Oc1cccc3cccc2c13)c1ccccc1. The number of Topliss-reactive ketones (excluding diaryl/α,β-unsaturated/α-hetero) is 1. The molecule has 3 nitrogen and oxygen atoms in total. The standard InChI is InChI=1S/C28H19O3P/c29-22(19-8-2-1-3-9-19)18-32(25-16-6-12-20-10-4-14-23(30-32)27(20)25)26-17-7-13-21-11-5-15-24(31-32)28(21)26/h1-17H,18H2. The van der Waals surface area contributed by atoms with Gasteiger partial charge in [-0.25, -0.2) is 0 Å². The summed E-state index contributed by atoms with van der Waals surface area (Å²) >= 11 is 0. The number of ketones is 1. The first kappa shape index (κ1) is 17.9. The molecular weight excluding hydrogens is 415 g/mol. The second-order valence-corrected chi connectivity index (χ2v) is 12.4. The van der Waals surface area contributed by atoms with Gasteiger partial charge in [-0.2, -0.15) is 0 Å². The average molecular weight is 434 g/mol. The van der Waals surface area contributed by atoms with Gasteiger partial charge in [-0.1, -0.05) is 0 Å². The predicted molar refractivity (Wildman–Crippen MR) is 131 cm³/mol. The molecule has 5 aromatic carbocycles. The van der Waals surface area contributed by atoms with Gasteiger partial charge < -0.3 is 0 Å². The molecular formula is C28H19O3P. The zero-order chi connectivity index (χ0) is 21.4. The van der Waals surface area contributed by atoms with Crippen LogP contribution in [0.4, 0.5) is 0 Å². The summed E-state index contributed by atoms with van der Waals surface area (Å²) in [7, 11) is -3.84. The van der Waals surface area contributed by atoms with Gasteiger partial charge in [0.05, 0.1) is 0 Å². The molecule has 5 aromatic rings. The molecule has 2 heterocycles. The van der Waals surface area contributed by atoms with Gasteiger partial charge in [0.25, 0.3) is 0 Å². The number of carbonyl (C=O) groups excluding carboxylic acids is 1. The van der Waals surface area contributed by atoms with Crippen LogP contribution in [0.5, 0.6) is 11.5 Å². The first-order valence-electron chi connectivity index (χ1n) is 10.7.